The number of morpholine rings is 1. The summed E-state index contributed by atoms with van der Waals surface area (Å²) in [6.07, 6.45) is 1.06. The number of hydrogen-bond donors (Lipinski definition) is 1. The number of ether oxygens (including phenoxy) is 1. The molecule has 94 valence electrons. The van der Waals surface area contributed by atoms with Crippen molar-refractivity contribution >= 4 is 0 Å². The summed E-state index contributed by atoms with van der Waals surface area (Å²) in [6.45, 7) is 5.67. The smallest absolute Gasteiger partial charge is 0.0628 e. The molecular weight excluding hydrogens is 214 g/mol. The first-order chi connectivity index (χ1) is 8.35. The zero-order valence-electron chi connectivity index (χ0n) is 10.4. The second kappa shape index (κ2) is 6.15. The lowest BCUT2D eigenvalue weighted by atomic mass is 10.0. The van der Waals surface area contributed by atoms with E-state index >= 15 is 0 Å². The standard InChI is InChI=1S/C14H21NO2/c1-2-12-3-5-13(6-4-12)14(11-16)15-7-9-17-10-8-15/h3-6,14,16H,2,7-11H2,1H3/t14-/m0/s1. The fraction of sp³-hybridized carbons (Fsp3) is 0.571. The van der Waals surface area contributed by atoms with Crippen molar-refractivity contribution in [2.75, 3.05) is 32.9 Å². The van der Waals surface area contributed by atoms with Crippen molar-refractivity contribution in [3.63, 3.8) is 0 Å². The van der Waals surface area contributed by atoms with Gasteiger partial charge < -0.3 is 9.84 Å². The molecule has 1 aliphatic heterocycles. The van der Waals surface area contributed by atoms with Gasteiger partial charge >= 0.3 is 0 Å². The van der Waals surface area contributed by atoms with E-state index in [1.807, 2.05) is 0 Å². The van der Waals surface area contributed by atoms with Gasteiger partial charge in [0.2, 0.25) is 0 Å². The van der Waals surface area contributed by atoms with E-state index in [2.05, 4.69) is 36.1 Å². The van der Waals surface area contributed by atoms with E-state index in [1.54, 1.807) is 0 Å². The summed E-state index contributed by atoms with van der Waals surface area (Å²) in [5.41, 5.74) is 2.54. The van der Waals surface area contributed by atoms with Crippen molar-refractivity contribution in [2.45, 2.75) is 19.4 Å². The maximum atomic E-state index is 9.58. The van der Waals surface area contributed by atoms with Crippen LogP contribution in [0.3, 0.4) is 0 Å². The molecule has 0 radical (unpaired) electrons. The molecule has 1 fully saturated rings. The summed E-state index contributed by atoms with van der Waals surface area (Å²) in [5.74, 6) is 0. The highest BCUT2D eigenvalue weighted by atomic mass is 16.5. The highest BCUT2D eigenvalue weighted by molar-refractivity contribution is 5.25. The van der Waals surface area contributed by atoms with Gasteiger partial charge in [0, 0.05) is 13.1 Å². The summed E-state index contributed by atoms with van der Waals surface area (Å²) in [5, 5.41) is 9.58. The predicted molar refractivity (Wildman–Crippen MR) is 68.0 cm³/mol. The second-order valence-electron chi connectivity index (χ2n) is 4.44. The Hall–Kier alpha value is -0.900. The lowest BCUT2D eigenvalue weighted by molar-refractivity contribution is 0.00259. The fourth-order valence-corrected chi connectivity index (χ4v) is 2.30. The largest absolute Gasteiger partial charge is 0.394 e. The van der Waals surface area contributed by atoms with Crippen LogP contribution in [-0.2, 0) is 11.2 Å². The minimum Gasteiger partial charge on any atom is -0.394 e. The Balaban J connectivity index is 2.10. The molecule has 0 amide bonds. The summed E-state index contributed by atoms with van der Waals surface area (Å²) in [7, 11) is 0. The summed E-state index contributed by atoms with van der Waals surface area (Å²) >= 11 is 0. The van der Waals surface area contributed by atoms with Gasteiger partial charge in [0.25, 0.3) is 0 Å². The molecule has 17 heavy (non-hydrogen) atoms. The Labute approximate surface area is 103 Å². The molecule has 1 aliphatic rings. The average molecular weight is 235 g/mol. The SMILES string of the molecule is CCc1ccc([C@H](CO)N2CCOCC2)cc1. The van der Waals surface area contributed by atoms with Gasteiger partial charge in [0.05, 0.1) is 25.9 Å². The molecule has 1 saturated heterocycles. The number of nitrogens with zero attached hydrogens (tertiary/aromatic N) is 1. The van der Waals surface area contributed by atoms with Crippen LogP contribution in [0.4, 0.5) is 0 Å². The second-order valence-corrected chi connectivity index (χ2v) is 4.44. The normalized spacial score (nSPS) is 19.2. The quantitative estimate of drug-likeness (QED) is 0.860. The summed E-state index contributed by atoms with van der Waals surface area (Å²) in [4.78, 5) is 2.30. The first-order valence-electron chi connectivity index (χ1n) is 6.36. The highest BCUT2D eigenvalue weighted by Crippen LogP contribution is 2.21. The summed E-state index contributed by atoms with van der Waals surface area (Å²) < 4.78 is 5.34. The van der Waals surface area contributed by atoms with Gasteiger partial charge in [-0.3, -0.25) is 4.90 Å². The van der Waals surface area contributed by atoms with E-state index in [0.717, 1.165) is 32.7 Å². The molecule has 2 rings (SSSR count). The first-order valence-corrected chi connectivity index (χ1v) is 6.36. The number of hydrogen-bond acceptors (Lipinski definition) is 3. The maximum Gasteiger partial charge on any atom is 0.0628 e. The monoisotopic (exact) mass is 235 g/mol. The van der Waals surface area contributed by atoms with Crippen LogP contribution in [0.5, 0.6) is 0 Å². The Morgan fingerprint density at radius 1 is 1.24 bits per heavy atom. The van der Waals surface area contributed by atoms with E-state index in [9.17, 15) is 5.11 Å². The van der Waals surface area contributed by atoms with Gasteiger partial charge in [0.15, 0.2) is 0 Å². The lowest BCUT2D eigenvalue weighted by Gasteiger charge is -2.33. The topological polar surface area (TPSA) is 32.7 Å². The van der Waals surface area contributed by atoms with Gasteiger partial charge in [-0.05, 0) is 17.5 Å². The van der Waals surface area contributed by atoms with Crippen LogP contribution >= 0.6 is 0 Å². The molecule has 1 atom stereocenters. The number of rotatable bonds is 4. The Kier molecular flexibility index (Phi) is 4.54. The number of aryl methyl sites for hydroxylation is 1. The maximum absolute atomic E-state index is 9.58. The van der Waals surface area contributed by atoms with E-state index in [-0.39, 0.29) is 12.6 Å². The number of aliphatic hydroxyl groups excluding tert-OH is 1. The molecule has 0 aromatic heterocycles. The van der Waals surface area contributed by atoms with Crippen molar-refractivity contribution in [1.29, 1.82) is 0 Å². The van der Waals surface area contributed by atoms with Gasteiger partial charge in [-0.15, -0.1) is 0 Å². The Morgan fingerprint density at radius 3 is 2.41 bits per heavy atom. The molecule has 0 bridgehead atoms. The van der Waals surface area contributed by atoms with E-state index < -0.39 is 0 Å². The zero-order chi connectivity index (χ0) is 12.1. The third-order valence-electron chi connectivity index (χ3n) is 3.43. The van der Waals surface area contributed by atoms with Crippen LogP contribution in [0.1, 0.15) is 24.1 Å². The molecule has 1 heterocycles. The molecular formula is C14H21NO2. The molecule has 0 spiro atoms. The highest BCUT2D eigenvalue weighted by Gasteiger charge is 2.21. The van der Waals surface area contributed by atoms with Crippen LogP contribution in [0, 0.1) is 0 Å². The summed E-state index contributed by atoms with van der Waals surface area (Å²) in [6, 6.07) is 8.69. The molecule has 1 N–H and O–H groups in total. The van der Waals surface area contributed by atoms with E-state index in [1.165, 1.54) is 11.1 Å². The van der Waals surface area contributed by atoms with Gasteiger partial charge in [0.1, 0.15) is 0 Å². The molecule has 3 heteroatoms. The van der Waals surface area contributed by atoms with Crippen molar-refractivity contribution in [3.8, 4) is 0 Å². The van der Waals surface area contributed by atoms with Crippen LogP contribution in [0.15, 0.2) is 24.3 Å². The van der Waals surface area contributed by atoms with Crippen molar-refractivity contribution in [3.05, 3.63) is 35.4 Å². The van der Waals surface area contributed by atoms with Crippen LogP contribution in [0.25, 0.3) is 0 Å². The lowest BCUT2D eigenvalue weighted by Crippen LogP contribution is -2.40. The van der Waals surface area contributed by atoms with Gasteiger partial charge in [-0.1, -0.05) is 31.2 Å². The minimum atomic E-state index is 0.116. The van der Waals surface area contributed by atoms with E-state index in [0.29, 0.717) is 0 Å². The molecule has 0 aliphatic carbocycles. The average Bonchev–Trinajstić information content (AvgIpc) is 2.42. The molecule has 0 saturated carbocycles. The molecule has 1 aromatic carbocycles. The van der Waals surface area contributed by atoms with Crippen LogP contribution < -0.4 is 0 Å². The fourth-order valence-electron chi connectivity index (χ4n) is 2.30. The molecule has 3 nitrogen and oxygen atoms in total. The third-order valence-corrected chi connectivity index (χ3v) is 3.43. The Bertz CT molecular complexity index is 331. The molecule has 1 aromatic rings. The molecule has 0 unspecified atom stereocenters. The van der Waals surface area contributed by atoms with Crippen LogP contribution in [-0.4, -0.2) is 42.9 Å². The number of benzene rings is 1. The zero-order valence-corrected chi connectivity index (χ0v) is 10.4. The minimum absolute atomic E-state index is 0.116. The number of aliphatic hydroxyl groups is 1. The first kappa shape index (κ1) is 12.6. The predicted octanol–water partition coefficient (Wildman–Crippen LogP) is 1.61. The van der Waals surface area contributed by atoms with Gasteiger partial charge in [-0.2, -0.15) is 0 Å². The van der Waals surface area contributed by atoms with E-state index in [4.69, 9.17) is 4.74 Å². The van der Waals surface area contributed by atoms with Crippen molar-refractivity contribution < 1.29 is 9.84 Å². The Morgan fingerprint density at radius 2 is 1.88 bits per heavy atom. The third kappa shape index (κ3) is 3.06. The van der Waals surface area contributed by atoms with Crippen LogP contribution in [0.2, 0.25) is 0 Å². The van der Waals surface area contributed by atoms with Crippen molar-refractivity contribution in [1.82, 2.24) is 4.90 Å². The van der Waals surface area contributed by atoms with Crippen molar-refractivity contribution in [2.24, 2.45) is 0 Å². The van der Waals surface area contributed by atoms with Gasteiger partial charge in [-0.25, -0.2) is 0 Å².